The first-order chi connectivity index (χ1) is 10.1. The molecule has 2 rings (SSSR count). The number of ether oxygens (including phenoxy) is 1. The van der Waals surface area contributed by atoms with Gasteiger partial charge in [-0.2, -0.15) is 0 Å². The number of hydrogen-bond acceptors (Lipinski definition) is 3. The average molecular weight is 350 g/mol. The first-order valence-electron chi connectivity index (χ1n) is 6.85. The summed E-state index contributed by atoms with van der Waals surface area (Å²) >= 11 is 3.49. The van der Waals surface area contributed by atoms with Gasteiger partial charge >= 0.3 is 0 Å². The Balaban J connectivity index is 2.36. The molecule has 0 aliphatic carbocycles. The largest absolute Gasteiger partial charge is 0.497 e. The van der Waals surface area contributed by atoms with Crippen molar-refractivity contribution in [3.8, 4) is 5.75 Å². The van der Waals surface area contributed by atoms with E-state index < -0.39 is 6.10 Å². The maximum Gasteiger partial charge on any atom is 0.119 e. The number of aryl methyl sites for hydroxylation is 1. The second-order valence-corrected chi connectivity index (χ2v) is 5.94. The molecule has 0 aliphatic rings. The van der Waals surface area contributed by atoms with Crippen LogP contribution in [0.25, 0.3) is 0 Å². The normalized spacial score (nSPS) is 13.8. The third-order valence-electron chi connectivity index (χ3n) is 3.66. The summed E-state index contributed by atoms with van der Waals surface area (Å²) in [4.78, 5) is 0. The lowest BCUT2D eigenvalue weighted by atomic mass is 9.89. The van der Waals surface area contributed by atoms with Crippen molar-refractivity contribution in [2.75, 3.05) is 13.7 Å². The zero-order chi connectivity index (χ0) is 15.4. The van der Waals surface area contributed by atoms with Crippen LogP contribution in [0.5, 0.6) is 5.75 Å². The number of hydrogen-bond donors (Lipinski definition) is 2. The molecule has 2 atom stereocenters. The van der Waals surface area contributed by atoms with Crippen LogP contribution >= 0.6 is 15.9 Å². The Labute approximate surface area is 133 Å². The van der Waals surface area contributed by atoms with E-state index in [2.05, 4.69) is 15.9 Å². The topological polar surface area (TPSA) is 55.5 Å². The Morgan fingerprint density at radius 1 is 1.19 bits per heavy atom. The van der Waals surface area contributed by atoms with Crippen molar-refractivity contribution in [1.82, 2.24) is 0 Å². The Hall–Kier alpha value is -1.36. The van der Waals surface area contributed by atoms with Crippen molar-refractivity contribution in [1.29, 1.82) is 0 Å². The standard InChI is InChI=1S/C17H20BrNO2/c1-11-3-5-12(6-4-11)15(10-19)17(20)14-9-13(21-2)7-8-16(14)18/h3-9,15,17,20H,10,19H2,1-2H3. The lowest BCUT2D eigenvalue weighted by molar-refractivity contribution is 0.146. The maximum atomic E-state index is 10.7. The van der Waals surface area contributed by atoms with Crippen LogP contribution < -0.4 is 10.5 Å². The zero-order valence-electron chi connectivity index (χ0n) is 12.2. The maximum absolute atomic E-state index is 10.7. The fourth-order valence-corrected chi connectivity index (χ4v) is 2.83. The van der Waals surface area contributed by atoms with Gasteiger partial charge in [0.05, 0.1) is 13.2 Å². The first-order valence-corrected chi connectivity index (χ1v) is 7.64. The lowest BCUT2D eigenvalue weighted by Crippen LogP contribution is -2.20. The lowest BCUT2D eigenvalue weighted by Gasteiger charge is -2.23. The van der Waals surface area contributed by atoms with Gasteiger partial charge in [0.2, 0.25) is 0 Å². The molecule has 2 aromatic carbocycles. The Bertz CT molecular complexity index is 598. The van der Waals surface area contributed by atoms with Crippen molar-refractivity contribution in [2.45, 2.75) is 18.9 Å². The molecule has 3 nitrogen and oxygen atoms in total. The van der Waals surface area contributed by atoms with Crippen LogP contribution in [-0.4, -0.2) is 18.8 Å². The molecule has 0 radical (unpaired) electrons. The zero-order valence-corrected chi connectivity index (χ0v) is 13.8. The summed E-state index contributed by atoms with van der Waals surface area (Å²) in [5, 5.41) is 10.7. The van der Waals surface area contributed by atoms with Crippen LogP contribution in [0.3, 0.4) is 0 Å². The summed E-state index contributed by atoms with van der Waals surface area (Å²) in [5.74, 6) is 0.556. The second-order valence-electron chi connectivity index (χ2n) is 5.09. The summed E-state index contributed by atoms with van der Waals surface area (Å²) in [6.45, 7) is 2.41. The minimum Gasteiger partial charge on any atom is -0.497 e. The molecule has 3 N–H and O–H groups in total. The van der Waals surface area contributed by atoms with Crippen LogP contribution in [0.1, 0.15) is 28.7 Å². The smallest absolute Gasteiger partial charge is 0.119 e. The molecule has 112 valence electrons. The third kappa shape index (κ3) is 3.64. The van der Waals surface area contributed by atoms with E-state index in [4.69, 9.17) is 10.5 Å². The summed E-state index contributed by atoms with van der Waals surface area (Å²) < 4.78 is 6.08. The highest BCUT2D eigenvalue weighted by molar-refractivity contribution is 9.10. The molecular formula is C17H20BrNO2. The van der Waals surface area contributed by atoms with E-state index in [1.165, 1.54) is 5.56 Å². The van der Waals surface area contributed by atoms with E-state index in [0.29, 0.717) is 12.3 Å². The Morgan fingerprint density at radius 3 is 2.43 bits per heavy atom. The highest BCUT2D eigenvalue weighted by atomic mass is 79.9. The monoisotopic (exact) mass is 349 g/mol. The van der Waals surface area contributed by atoms with E-state index in [-0.39, 0.29) is 5.92 Å². The van der Waals surface area contributed by atoms with E-state index in [1.807, 2.05) is 49.4 Å². The van der Waals surface area contributed by atoms with Crippen LogP contribution in [-0.2, 0) is 0 Å². The molecule has 0 amide bonds. The van der Waals surface area contributed by atoms with Crippen molar-refractivity contribution < 1.29 is 9.84 Å². The molecule has 0 bridgehead atoms. The summed E-state index contributed by atoms with van der Waals surface area (Å²) in [7, 11) is 1.61. The van der Waals surface area contributed by atoms with Gasteiger partial charge in [0.15, 0.2) is 0 Å². The van der Waals surface area contributed by atoms with Gasteiger partial charge in [-0.1, -0.05) is 45.8 Å². The number of nitrogens with two attached hydrogens (primary N) is 1. The van der Waals surface area contributed by atoms with Gasteiger partial charge in [-0.25, -0.2) is 0 Å². The quantitative estimate of drug-likeness (QED) is 0.867. The number of rotatable bonds is 5. The highest BCUT2D eigenvalue weighted by Crippen LogP contribution is 2.36. The molecular weight excluding hydrogens is 330 g/mol. The van der Waals surface area contributed by atoms with Crippen LogP contribution in [0, 0.1) is 6.92 Å². The predicted octanol–water partition coefficient (Wildman–Crippen LogP) is 3.54. The van der Waals surface area contributed by atoms with Gasteiger partial charge in [0.1, 0.15) is 5.75 Å². The average Bonchev–Trinajstić information content (AvgIpc) is 2.50. The molecule has 0 aliphatic heterocycles. The van der Waals surface area contributed by atoms with Crippen molar-refractivity contribution >= 4 is 15.9 Å². The van der Waals surface area contributed by atoms with Crippen LogP contribution in [0.15, 0.2) is 46.9 Å². The SMILES string of the molecule is COc1ccc(Br)c(C(O)C(CN)c2ccc(C)cc2)c1. The van der Waals surface area contributed by atoms with E-state index in [1.54, 1.807) is 7.11 Å². The number of aliphatic hydroxyl groups excluding tert-OH is 1. The second kappa shape index (κ2) is 7.07. The highest BCUT2D eigenvalue weighted by Gasteiger charge is 2.23. The number of halogens is 1. The fraction of sp³-hybridized carbons (Fsp3) is 0.294. The van der Waals surface area contributed by atoms with E-state index in [9.17, 15) is 5.11 Å². The molecule has 0 saturated carbocycles. The van der Waals surface area contributed by atoms with E-state index in [0.717, 1.165) is 15.6 Å². The molecule has 2 aromatic rings. The van der Waals surface area contributed by atoms with Gasteiger partial charge in [0.25, 0.3) is 0 Å². The van der Waals surface area contributed by atoms with Crippen molar-refractivity contribution in [3.05, 3.63) is 63.6 Å². The predicted molar refractivity (Wildman–Crippen MR) is 88.6 cm³/mol. The third-order valence-corrected chi connectivity index (χ3v) is 4.38. The first kappa shape index (κ1) is 16.0. The molecule has 0 saturated heterocycles. The Morgan fingerprint density at radius 2 is 1.86 bits per heavy atom. The van der Waals surface area contributed by atoms with Gasteiger partial charge in [-0.3, -0.25) is 0 Å². The van der Waals surface area contributed by atoms with Crippen LogP contribution in [0.2, 0.25) is 0 Å². The molecule has 0 heterocycles. The van der Waals surface area contributed by atoms with Crippen LogP contribution in [0.4, 0.5) is 0 Å². The number of benzene rings is 2. The minimum absolute atomic E-state index is 0.158. The molecule has 0 fully saturated rings. The van der Waals surface area contributed by atoms with Gasteiger partial charge < -0.3 is 15.6 Å². The summed E-state index contributed by atoms with van der Waals surface area (Å²) in [6.07, 6.45) is -0.692. The summed E-state index contributed by atoms with van der Waals surface area (Å²) in [6, 6.07) is 13.7. The van der Waals surface area contributed by atoms with E-state index >= 15 is 0 Å². The molecule has 2 unspecified atom stereocenters. The minimum atomic E-state index is -0.692. The van der Waals surface area contributed by atoms with Gasteiger partial charge in [-0.05, 0) is 36.2 Å². The number of methoxy groups -OCH3 is 1. The molecule has 0 spiro atoms. The molecule has 0 aromatic heterocycles. The Kier molecular flexibility index (Phi) is 5.39. The van der Waals surface area contributed by atoms with Gasteiger partial charge in [-0.15, -0.1) is 0 Å². The molecule has 4 heteroatoms. The fourth-order valence-electron chi connectivity index (χ4n) is 2.35. The molecule has 21 heavy (non-hydrogen) atoms. The summed E-state index contributed by atoms with van der Waals surface area (Å²) in [5.41, 5.74) is 8.90. The van der Waals surface area contributed by atoms with Crippen molar-refractivity contribution in [2.24, 2.45) is 5.73 Å². The number of aliphatic hydroxyl groups is 1. The van der Waals surface area contributed by atoms with Gasteiger partial charge in [0, 0.05) is 16.9 Å². The van der Waals surface area contributed by atoms with Crippen molar-refractivity contribution in [3.63, 3.8) is 0 Å².